The minimum absolute atomic E-state index is 0.135. The molecule has 0 bridgehead atoms. The van der Waals surface area contributed by atoms with Crippen LogP contribution in [0, 0.1) is 5.92 Å². The summed E-state index contributed by atoms with van der Waals surface area (Å²) >= 11 is 3.38. The van der Waals surface area contributed by atoms with Gasteiger partial charge in [-0.05, 0) is 37.9 Å². The molecule has 1 atom stereocenters. The SMILES string of the molecule is C=NN/C=C\CC1C=CCCN(CC2CCOCC2)C(=O)/C=C(\SC)S1. The van der Waals surface area contributed by atoms with E-state index in [9.17, 15) is 4.79 Å². The molecule has 1 amide bonds. The molecule has 0 aromatic carbocycles. The largest absolute Gasteiger partial charge is 0.381 e. The number of allylic oxidation sites excluding steroid dienone is 1. The monoisotopic (exact) mass is 395 g/mol. The fourth-order valence-electron chi connectivity index (χ4n) is 2.97. The van der Waals surface area contributed by atoms with E-state index in [4.69, 9.17) is 4.74 Å². The molecular weight excluding hydrogens is 366 g/mol. The van der Waals surface area contributed by atoms with E-state index in [1.165, 1.54) is 0 Å². The van der Waals surface area contributed by atoms with Gasteiger partial charge in [-0.3, -0.25) is 10.2 Å². The minimum Gasteiger partial charge on any atom is -0.381 e. The second kappa shape index (κ2) is 12.3. The predicted octanol–water partition coefficient (Wildman–Crippen LogP) is 3.62. The second-order valence-electron chi connectivity index (χ2n) is 6.31. The van der Waals surface area contributed by atoms with Gasteiger partial charge in [-0.15, -0.1) is 23.5 Å². The Morgan fingerprint density at radius 3 is 3.04 bits per heavy atom. The number of amides is 1. The van der Waals surface area contributed by atoms with Gasteiger partial charge in [0.05, 0.1) is 0 Å². The Balaban J connectivity index is 2.00. The first-order chi connectivity index (χ1) is 12.7. The molecule has 0 spiro atoms. The van der Waals surface area contributed by atoms with Gasteiger partial charge < -0.3 is 9.64 Å². The molecule has 2 heterocycles. The van der Waals surface area contributed by atoms with Gasteiger partial charge >= 0.3 is 0 Å². The molecule has 0 aromatic heterocycles. The van der Waals surface area contributed by atoms with Gasteiger partial charge in [-0.1, -0.05) is 18.2 Å². The van der Waals surface area contributed by atoms with Crippen LogP contribution in [-0.4, -0.2) is 55.3 Å². The third-order valence-electron chi connectivity index (χ3n) is 4.41. The maximum Gasteiger partial charge on any atom is 0.248 e. The first kappa shape index (κ1) is 21.1. The van der Waals surface area contributed by atoms with Crippen LogP contribution in [0.2, 0.25) is 0 Å². The molecule has 1 fully saturated rings. The Labute approximate surface area is 165 Å². The highest BCUT2D eigenvalue weighted by Gasteiger charge is 2.21. The van der Waals surface area contributed by atoms with Crippen molar-refractivity contribution in [3.63, 3.8) is 0 Å². The van der Waals surface area contributed by atoms with Crippen LogP contribution in [0.3, 0.4) is 0 Å². The van der Waals surface area contributed by atoms with Crippen LogP contribution in [-0.2, 0) is 9.53 Å². The average Bonchev–Trinajstić information content (AvgIpc) is 2.66. The third-order valence-corrected chi connectivity index (χ3v) is 6.72. The maximum absolute atomic E-state index is 12.8. The Hall–Kier alpha value is -1.18. The second-order valence-corrected chi connectivity index (χ2v) is 8.69. The molecule has 26 heavy (non-hydrogen) atoms. The molecule has 0 radical (unpaired) electrons. The number of carbonyl (C=O) groups is 1. The summed E-state index contributed by atoms with van der Waals surface area (Å²) in [6.07, 6.45) is 16.0. The van der Waals surface area contributed by atoms with Crippen molar-refractivity contribution in [3.05, 3.63) is 34.7 Å². The number of hydrogen-bond donors (Lipinski definition) is 1. The molecule has 144 valence electrons. The molecule has 5 nitrogen and oxygen atoms in total. The summed E-state index contributed by atoms with van der Waals surface area (Å²) in [6, 6.07) is 0. The molecule has 1 N–H and O–H groups in total. The lowest BCUT2D eigenvalue weighted by atomic mass is 9.99. The van der Waals surface area contributed by atoms with Crippen LogP contribution in [0.25, 0.3) is 0 Å². The molecule has 2 rings (SSSR count). The van der Waals surface area contributed by atoms with Crippen LogP contribution in [0.1, 0.15) is 25.7 Å². The summed E-state index contributed by atoms with van der Waals surface area (Å²) in [7, 11) is 0. The third kappa shape index (κ3) is 7.60. The van der Waals surface area contributed by atoms with Crippen LogP contribution < -0.4 is 5.43 Å². The quantitative estimate of drug-likeness (QED) is 0.405. The molecule has 0 aromatic rings. The van der Waals surface area contributed by atoms with Gasteiger partial charge in [0, 0.05) is 54.8 Å². The number of nitrogens with zero attached hydrogens (tertiary/aromatic N) is 2. The average molecular weight is 396 g/mol. The molecule has 2 aliphatic rings. The fourth-order valence-corrected chi connectivity index (χ4v) is 4.80. The number of nitrogens with one attached hydrogen (secondary N) is 1. The van der Waals surface area contributed by atoms with Crippen molar-refractivity contribution in [1.82, 2.24) is 10.3 Å². The van der Waals surface area contributed by atoms with E-state index in [1.54, 1.807) is 29.7 Å². The topological polar surface area (TPSA) is 53.9 Å². The highest BCUT2D eigenvalue weighted by atomic mass is 32.2. The number of rotatable bonds is 7. The summed E-state index contributed by atoms with van der Waals surface area (Å²) in [5, 5.41) is 3.90. The number of hydrazone groups is 1. The zero-order valence-corrected chi connectivity index (χ0v) is 17.1. The number of thioether (sulfide) groups is 2. The smallest absolute Gasteiger partial charge is 0.248 e. The fraction of sp³-hybridized carbons (Fsp3) is 0.579. The first-order valence-electron chi connectivity index (χ1n) is 9.05. The molecule has 0 saturated carbocycles. The highest BCUT2D eigenvalue weighted by molar-refractivity contribution is 8.22. The summed E-state index contributed by atoms with van der Waals surface area (Å²) in [6.45, 7) is 6.64. The Morgan fingerprint density at radius 2 is 2.31 bits per heavy atom. The molecule has 2 aliphatic heterocycles. The van der Waals surface area contributed by atoms with E-state index >= 15 is 0 Å². The standard InChI is InChI=1S/C19H29N3O2S2/c1-20-21-10-5-7-17-6-3-4-11-22(15-16-8-12-24-13-9-16)18(23)14-19(25-2)26-17/h3,5-6,10,14,16-17,21H,1,4,7-9,11-13,15H2,2H3/b6-3?,10-5-,19-14+. The predicted molar refractivity (Wildman–Crippen MR) is 113 cm³/mol. The molecule has 1 unspecified atom stereocenters. The van der Waals surface area contributed by atoms with E-state index in [0.29, 0.717) is 11.2 Å². The van der Waals surface area contributed by atoms with E-state index in [0.717, 1.165) is 56.2 Å². The van der Waals surface area contributed by atoms with E-state index in [2.05, 4.69) is 29.4 Å². The van der Waals surface area contributed by atoms with Crippen molar-refractivity contribution in [2.75, 3.05) is 32.6 Å². The summed E-state index contributed by atoms with van der Waals surface area (Å²) in [4.78, 5) is 14.8. The summed E-state index contributed by atoms with van der Waals surface area (Å²) < 4.78 is 6.50. The summed E-state index contributed by atoms with van der Waals surface area (Å²) in [5.41, 5.74) is 2.73. The molecule has 7 heteroatoms. The van der Waals surface area contributed by atoms with Crippen molar-refractivity contribution in [3.8, 4) is 0 Å². The van der Waals surface area contributed by atoms with E-state index in [1.807, 2.05) is 23.3 Å². The van der Waals surface area contributed by atoms with Gasteiger partial charge in [0.2, 0.25) is 5.91 Å². The lowest BCUT2D eigenvalue weighted by molar-refractivity contribution is -0.127. The highest BCUT2D eigenvalue weighted by Crippen LogP contribution is 2.33. The van der Waals surface area contributed by atoms with Crippen LogP contribution in [0.4, 0.5) is 0 Å². The zero-order chi connectivity index (χ0) is 18.6. The van der Waals surface area contributed by atoms with Gasteiger partial charge in [0.15, 0.2) is 0 Å². The Morgan fingerprint density at radius 1 is 1.50 bits per heavy atom. The van der Waals surface area contributed by atoms with E-state index in [-0.39, 0.29) is 5.91 Å². The molecule has 0 aliphatic carbocycles. The van der Waals surface area contributed by atoms with Crippen molar-refractivity contribution < 1.29 is 9.53 Å². The number of carbonyl (C=O) groups excluding carboxylic acids is 1. The van der Waals surface area contributed by atoms with Gasteiger partial charge in [-0.25, -0.2) is 0 Å². The normalized spacial score (nSPS) is 25.1. The Kier molecular flexibility index (Phi) is 9.95. The number of hydrogen-bond acceptors (Lipinski definition) is 6. The van der Waals surface area contributed by atoms with Crippen molar-refractivity contribution in [2.24, 2.45) is 11.0 Å². The van der Waals surface area contributed by atoms with Gasteiger partial charge in [-0.2, -0.15) is 5.10 Å². The van der Waals surface area contributed by atoms with Crippen LogP contribution in [0.15, 0.2) is 39.8 Å². The molecule has 1 saturated heterocycles. The van der Waals surface area contributed by atoms with Gasteiger partial charge in [0.1, 0.15) is 0 Å². The van der Waals surface area contributed by atoms with Crippen molar-refractivity contribution in [1.29, 1.82) is 0 Å². The molecular formula is C19H29N3O2S2. The lowest BCUT2D eigenvalue weighted by Crippen LogP contribution is -2.37. The maximum atomic E-state index is 12.8. The number of ether oxygens (including phenoxy) is 1. The van der Waals surface area contributed by atoms with Crippen LogP contribution >= 0.6 is 23.5 Å². The summed E-state index contributed by atoms with van der Waals surface area (Å²) in [5.74, 6) is 0.692. The Bertz CT molecular complexity index is 543. The van der Waals surface area contributed by atoms with Crippen LogP contribution in [0.5, 0.6) is 0 Å². The first-order valence-corrected chi connectivity index (χ1v) is 11.1. The van der Waals surface area contributed by atoms with Gasteiger partial charge in [0.25, 0.3) is 0 Å². The minimum atomic E-state index is 0.135. The van der Waals surface area contributed by atoms with E-state index < -0.39 is 0 Å². The lowest BCUT2D eigenvalue weighted by Gasteiger charge is -2.29. The zero-order valence-electron chi connectivity index (χ0n) is 15.4. The van der Waals surface area contributed by atoms with Crippen molar-refractivity contribution in [2.45, 2.75) is 30.9 Å². The van der Waals surface area contributed by atoms with Crippen molar-refractivity contribution >= 4 is 36.1 Å².